The number of rotatable bonds is 2. The van der Waals surface area contributed by atoms with E-state index in [1.165, 1.54) is 23.3 Å². The average molecular weight is 715 g/mol. The van der Waals surface area contributed by atoms with Crippen LogP contribution in [0.1, 0.15) is 50.4 Å². The Bertz CT molecular complexity index is 2850. The highest BCUT2D eigenvalue weighted by atomic mass is 19.1. The lowest BCUT2D eigenvalue weighted by molar-refractivity contribution is 0.343. The molecule has 3 unspecified atom stereocenters. The van der Waals surface area contributed by atoms with Gasteiger partial charge in [-0.15, -0.1) is 12.8 Å². The van der Waals surface area contributed by atoms with E-state index in [9.17, 15) is 4.39 Å². The highest BCUT2D eigenvalue weighted by Gasteiger charge is 2.53. The molecule has 5 heteroatoms. The monoisotopic (exact) mass is 714 g/mol. The number of allylic oxidation sites excluding steroid dienone is 4. The molecule has 3 nitrogen and oxygen atoms in total. The van der Waals surface area contributed by atoms with Crippen molar-refractivity contribution < 1.29 is 23.0 Å². The minimum Gasteiger partial charge on any atom is -0.454 e. The lowest BCUT2D eigenvalue weighted by Gasteiger charge is -2.39. The number of terminal acetylenes is 2. The van der Waals surface area contributed by atoms with Crippen LogP contribution in [-0.2, 0) is 11.8 Å². The lowest BCUT2D eigenvalue weighted by atomic mass is 9.63. The number of halogens is 2. The Labute approximate surface area is 316 Å². The molecule has 2 heterocycles. The van der Waals surface area contributed by atoms with Crippen molar-refractivity contribution in [2.45, 2.75) is 17.8 Å². The van der Waals surface area contributed by atoms with E-state index in [2.05, 4.69) is 103 Å². The van der Waals surface area contributed by atoms with Crippen LogP contribution in [0.15, 0.2) is 133 Å². The summed E-state index contributed by atoms with van der Waals surface area (Å²) in [5.74, 6) is 6.32. The molecule has 2 aliphatic carbocycles. The molecule has 11 rings (SSSR count). The van der Waals surface area contributed by atoms with Gasteiger partial charge in [0.2, 0.25) is 5.75 Å². The number of ether oxygens (including phenoxy) is 3. The van der Waals surface area contributed by atoms with Crippen LogP contribution in [0, 0.1) is 42.2 Å². The van der Waals surface area contributed by atoms with Gasteiger partial charge in [0.15, 0.2) is 34.6 Å². The van der Waals surface area contributed by atoms with Crippen molar-refractivity contribution in [1.29, 1.82) is 0 Å². The van der Waals surface area contributed by atoms with E-state index in [1.54, 1.807) is 6.07 Å². The Morgan fingerprint density at radius 3 is 1.98 bits per heavy atom. The zero-order valence-electron chi connectivity index (χ0n) is 29.2. The summed E-state index contributed by atoms with van der Waals surface area (Å²) in [5.41, 5.74) is 6.82. The Balaban J connectivity index is 1.09. The molecule has 0 fully saturated rings. The maximum atomic E-state index is 15.0. The van der Waals surface area contributed by atoms with Crippen molar-refractivity contribution in [3.8, 4) is 59.2 Å². The summed E-state index contributed by atoms with van der Waals surface area (Å²) >= 11 is 0. The highest BCUT2D eigenvalue weighted by molar-refractivity contribution is 5.90. The average Bonchev–Trinajstić information content (AvgIpc) is 3.51. The van der Waals surface area contributed by atoms with E-state index in [-0.39, 0.29) is 29.1 Å². The Kier molecular flexibility index (Phi) is 6.55. The zero-order valence-corrected chi connectivity index (χ0v) is 29.2. The number of benzene rings is 7. The second-order valence-electron chi connectivity index (χ2n) is 14.6. The second kappa shape index (κ2) is 11.5. The number of hydrogen-bond donors (Lipinski definition) is 0. The maximum Gasteiger partial charge on any atom is 0.205 e. The van der Waals surface area contributed by atoms with Gasteiger partial charge >= 0.3 is 0 Å². The quantitative estimate of drug-likeness (QED) is 0.167. The molecule has 7 aromatic rings. The summed E-state index contributed by atoms with van der Waals surface area (Å²) < 4.78 is 48.4. The summed E-state index contributed by atoms with van der Waals surface area (Å²) in [5, 5.41) is 3.94. The van der Waals surface area contributed by atoms with Crippen LogP contribution in [0.25, 0.3) is 21.5 Å². The first kappa shape index (κ1) is 31.4. The smallest absolute Gasteiger partial charge is 0.205 e. The van der Waals surface area contributed by atoms with Gasteiger partial charge < -0.3 is 14.2 Å². The highest BCUT2D eigenvalue weighted by Crippen LogP contribution is 2.60. The van der Waals surface area contributed by atoms with Crippen molar-refractivity contribution in [1.82, 2.24) is 0 Å². The van der Waals surface area contributed by atoms with Gasteiger partial charge in [-0.05, 0) is 104 Å². The molecule has 7 aromatic carbocycles. The molecule has 0 saturated heterocycles. The summed E-state index contributed by atoms with van der Waals surface area (Å²) in [6.07, 6.45) is 20.7. The van der Waals surface area contributed by atoms with Crippen molar-refractivity contribution in [2.75, 3.05) is 0 Å². The van der Waals surface area contributed by atoms with E-state index < -0.39 is 17.0 Å². The van der Waals surface area contributed by atoms with Crippen LogP contribution in [0.4, 0.5) is 8.78 Å². The first-order valence-corrected chi connectivity index (χ1v) is 18.1. The summed E-state index contributed by atoms with van der Waals surface area (Å²) in [4.78, 5) is 0. The van der Waals surface area contributed by atoms with Crippen molar-refractivity contribution in [3.63, 3.8) is 0 Å². The topological polar surface area (TPSA) is 27.7 Å². The number of hydrogen-bond acceptors (Lipinski definition) is 3. The molecular formula is C50H28F2O3. The van der Waals surface area contributed by atoms with E-state index in [0.717, 1.165) is 43.8 Å². The fourth-order valence-electron chi connectivity index (χ4n) is 9.32. The van der Waals surface area contributed by atoms with Gasteiger partial charge in [0.25, 0.3) is 0 Å². The molecule has 0 radical (unpaired) electrons. The third-order valence-electron chi connectivity index (χ3n) is 11.7. The molecule has 0 amide bonds. The predicted octanol–water partition coefficient (Wildman–Crippen LogP) is 12.0. The molecule has 3 atom stereocenters. The Morgan fingerprint density at radius 2 is 1.20 bits per heavy atom. The molecule has 0 N–H and O–H groups in total. The molecular weight excluding hydrogens is 687 g/mol. The van der Waals surface area contributed by atoms with Crippen LogP contribution < -0.4 is 14.2 Å². The Morgan fingerprint density at radius 1 is 0.564 bits per heavy atom. The lowest BCUT2D eigenvalue weighted by Crippen LogP contribution is -2.35. The third kappa shape index (κ3) is 4.51. The fraction of sp³-hybridized carbons (Fsp3) is 0.0800. The van der Waals surface area contributed by atoms with Crippen LogP contribution >= 0.6 is 0 Å². The van der Waals surface area contributed by atoms with Gasteiger partial charge in [-0.25, -0.2) is 8.78 Å². The van der Waals surface area contributed by atoms with Crippen LogP contribution in [-0.4, -0.2) is 0 Å². The first-order valence-electron chi connectivity index (χ1n) is 18.1. The zero-order chi connectivity index (χ0) is 37.0. The van der Waals surface area contributed by atoms with E-state index >= 15 is 4.39 Å². The predicted molar refractivity (Wildman–Crippen MR) is 210 cm³/mol. The normalized spacial score (nSPS) is 19.3. The standard InChI is InChI=1S/C50H28F2O3/c1-3-28-17-35-22-34-21-32-23-36(15-13-30(32)25-44(34)54-48(35)42(51)18-28)50(40-11-7-5-9-38(40)39-10-6-8-12-41(39)50)37-16-14-31-26-46-45(27-33(31)24-37)53-47-20-29(4-2)19-43(52)49(47)55-46/h1-2,5-21,23-27,38,40H,22H2. The maximum absolute atomic E-state index is 15.0. The Hall–Kier alpha value is -7.08. The van der Waals surface area contributed by atoms with Crippen LogP contribution in [0.5, 0.6) is 34.5 Å². The minimum absolute atomic E-state index is 0.0185. The van der Waals surface area contributed by atoms with Crippen molar-refractivity contribution in [2.24, 2.45) is 5.92 Å². The first-order chi connectivity index (χ1) is 26.9. The second-order valence-corrected chi connectivity index (χ2v) is 14.6. The third-order valence-corrected chi connectivity index (χ3v) is 11.7. The molecule has 0 saturated carbocycles. The van der Waals surface area contributed by atoms with Gasteiger partial charge in [-0.2, -0.15) is 0 Å². The molecule has 55 heavy (non-hydrogen) atoms. The van der Waals surface area contributed by atoms with Gasteiger partial charge in [0.1, 0.15) is 5.75 Å². The summed E-state index contributed by atoms with van der Waals surface area (Å²) in [6.45, 7) is 0. The minimum atomic E-state index is -0.572. The molecule has 0 bridgehead atoms. The summed E-state index contributed by atoms with van der Waals surface area (Å²) in [6, 6.07) is 36.1. The van der Waals surface area contributed by atoms with Crippen LogP contribution in [0.2, 0.25) is 0 Å². The van der Waals surface area contributed by atoms with Crippen LogP contribution in [0.3, 0.4) is 0 Å². The molecule has 0 aromatic heterocycles. The van der Waals surface area contributed by atoms with Gasteiger partial charge in [0.05, 0.1) is 5.41 Å². The van der Waals surface area contributed by atoms with E-state index in [0.29, 0.717) is 34.8 Å². The van der Waals surface area contributed by atoms with E-state index in [1.807, 2.05) is 24.3 Å². The van der Waals surface area contributed by atoms with Gasteiger partial charge in [-0.3, -0.25) is 0 Å². The SMILES string of the molecule is C#Cc1cc(F)c2c(c1)Cc1cc3cc(C4(c5ccc6cc7c(cc6c5)Oc5cc(C#C)cc(F)c5O7)c5ccccc5C5C=CC=CC54)ccc3cc1O2. The van der Waals surface area contributed by atoms with E-state index in [4.69, 9.17) is 27.1 Å². The molecule has 260 valence electrons. The number of fused-ring (bicyclic) bond motifs is 9. The fourth-order valence-corrected chi connectivity index (χ4v) is 9.32. The van der Waals surface area contributed by atoms with Gasteiger partial charge in [-0.1, -0.05) is 84.7 Å². The largest absolute Gasteiger partial charge is 0.454 e. The summed E-state index contributed by atoms with van der Waals surface area (Å²) in [7, 11) is 0. The van der Waals surface area contributed by atoms with Crippen molar-refractivity contribution >= 4 is 21.5 Å². The molecule has 4 aliphatic rings. The van der Waals surface area contributed by atoms with Crippen molar-refractivity contribution in [3.05, 3.63) is 190 Å². The molecule has 2 aliphatic heterocycles. The molecule has 0 spiro atoms. The van der Waals surface area contributed by atoms with Gasteiger partial charge in [0, 0.05) is 41.0 Å².